The molecule has 0 spiro atoms. The van der Waals surface area contributed by atoms with E-state index in [-0.39, 0.29) is 36.0 Å². The normalized spacial score (nSPS) is 38.8. The molecule has 0 radical (unpaired) electrons. The summed E-state index contributed by atoms with van der Waals surface area (Å²) in [7, 11) is 8.17. The molecule has 31 heavy (non-hydrogen) atoms. The summed E-state index contributed by atoms with van der Waals surface area (Å²) < 4.78 is 47.2. The van der Waals surface area contributed by atoms with Gasteiger partial charge in [-0.25, -0.2) is 0 Å². The molecule has 9 atom stereocenters. The van der Waals surface area contributed by atoms with Gasteiger partial charge < -0.3 is 37.9 Å². The number of ether oxygens (including phenoxy) is 8. The summed E-state index contributed by atoms with van der Waals surface area (Å²) >= 11 is 1.59. The fourth-order valence-corrected chi connectivity index (χ4v) is 5.30. The number of rotatable bonds is 9. The van der Waals surface area contributed by atoms with Crippen molar-refractivity contribution < 1.29 is 37.9 Å². The number of hydrogen-bond acceptors (Lipinski definition) is 9. The van der Waals surface area contributed by atoms with Crippen LogP contribution in [0.1, 0.15) is 6.92 Å². The van der Waals surface area contributed by atoms with Crippen molar-refractivity contribution in [1.82, 2.24) is 0 Å². The van der Waals surface area contributed by atoms with Gasteiger partial charge in [-0.3, -0.25) is 0 Å². The molecule has 3 rings (SSSR count). The van der Waals surface area contributed by atoms with Crippen LogP contribution in [0.3, 0.4) is 0 Å². The summed E-state index contributed by atoms with van der Waals surface area (Å²) in [6.07, 6.45) is -3.18. The average Bonchev–Trinajstić information content (AvgIpc) is 2.79. The van der Waals surface area contributed by atoms with E-state index < -0.39 is 18.5 Å². The lowest BCUT2D eigenvalue weighted by molar-refractivity contribution is -0.336. The summed E-state index contributed by atoms with van der Waals surface area (Å²) in [5, 5.41) is 0. The van der Waals surface area contributed by atoms with Crippen LogP contribution in [0.4, 0.5) is 0 Å². The Hall–Kier alpha value is -0.750. The smallest absolute Gasteiger partial charge is 0.187 e. The fraction of sp³-hybridized carbons (Fsp3) is 0.727. The monoisotopic (exact) mass is 458 g/mol. The highest BCUT2D eigenvalue weighted by Gasteiger charge is 2.50. The van der Waals surface area contributed by atoms with Gasteiger partial charge in [0.1, 0.15) is 42.1 Å². The molecule has 0 aliphatic carbocycles. The lowest BCUT2D eigenvalue weighted by Gasteiger charge is -2.47. The molecule has 2 aliphatic heterocycles. The SMILES string of the molecule is CO[C@H]1[C@H](OC)[C@H](O[C@@H]2[C@@H](OC)[C@H](Sc3ccccc3)OC[C@H]2OC)O[C@@H](C)[C@H]1OC. The van der Waals surface area contributed by atoms with Crippen LogP contribution in [-0.2, 0) is 37.9 Å². The first-order chi connectivity index (χ1) is 15.1. The van der Waals surface area contributed by atoms with Crippen molar-refractivity contribution in [2.45, 2.75) is 66.3 Å². The average molecular weight is 459 g/mol. The third kappa shape index (κ3) is 5.61. The van der Waals surface area contributed by atoms with Crippen molar-refractivity contribution in [3.05, 3.63) is 30.3 Å². The van der Waals surface area contributed by atoms with E-state index in [4.69, 9.17) is 37.9 Å². The topological polar surface area (TPSA) is 73.8 Å². The Morgan fingerprint density at radius 2 is 1.42 bits per heavy atom. The number of methoxy groups -OCH3 is 5. The van der Waals surface area contributed by atoms with Crippen LogP contribution in [0.2, 0.25) is 0 Å². The van der Waals surface area contributed by atoms with Crippen molar-refractivity contribution >= 4 is 11.8 Å². The minimum absolute atomic E-state index is 0.248. The van der Waals surface area contributed by atoms with Crippen molar-refractivity contribution in [2.75, 3.05) is 42.2 Å². The molecule has 0 N–H and O–H groups in total. The standard InChI is InChI=1S/C22H34O8S/c1-13-16(24-3)18(25-4)19(26-5)21(29-13)30-17-15(23-2)12-28-22(20(17)27-6)31-14-10-8-7-9-11-14/h7-11,13,15-22H,12H2,1-6H3/t13-,15+,16+,17-,18+,19-,20+,21-,22-/m0/s1. The van der Waals surface area contributed by atoms with Crippen LogP contribution in [-0.4, -0.2) is 96.6 Å². The Kier molecular flexibility index (Phi) is 9.57. The fourth-order valence-electron chi connectivity index (χ4n) is 4.17. The Bertz CT molecular complexity index is 650. The van der Waals surface area contributed by atoms with Gasteiger partial charge in [0.25, 0.3) is 0 Å². The molecule has 1 aromatic carbocycles. The third-order valence-corrected chi connectivity index (χ3v) is 6.97. The van der Waals surface area contributed by atoms with E-state index in [0.717, 1.165) is 4.90 Å². The highest BCUT2D eigenvalue weighted by Crippen LogP contribution is 2.36. The number of hydrogen-bond donors (Lipinski definition) is 0. The second-order valence-electron chi connectivity index (χ2n) is 7.52. The zero-order valence-electron chi connectivity index (χ0n) is 19.0. The van der Waals surface area contributed by atoms with Gasteiger partial charge in [0.2, 0.25) is 0 Å². The molecular formula is C22H34O8S. The zero-order valence-corrected chi connectivity index (χ0v) is 19.8. The molecule has 1 aromatic rings. The van der Waals surface area contributed by atoms with E-state index >= 15 is 0 Å². The van der Waals surface area contributed by atoms with Gasteiger partial charge in [0.05, 0.1) is 12.7 Å². The largest absolute Gasteiger partial charge is 0.376 e. The van der Waals surface area contributed by atoms with Gasteiger partial charge >= 0.3 is 0 Å². The molecule has 0 aromatic heterocycles. The van der Waals surface area contributed by atoms with Crippen molar-refractivity contribution in [2.24, 2.45) is 0 Å². The first-order valence-electron chi connectivity index (χ1n) is 10.4. The lowest BCUT2D eigenvalue weighted by Crippen LogP contribution is -2.63. The number of thioether (sulfide) groups is 1. The van der Waals surface area contributed by atoms with Gasteiger partial charge in [-0.1, -0.05) is 30.0 Å². The maximum Gasteiger partial charge on any atom is 0.187 e. The second-order valence-corrected chi connectivity index (χ2v) is 8.69. The van der Waals surface area contributed by atoms with E-state index in [2.05, 4.69) is 0 Å². The maximum absolute atomic E-state index is 6.48. The Balaban J connectivity index is 1.80. The van der Waals surface area contributed by atoms with Crippen LogP contribution in [0.25, 0.3) is 0 Å². The first-order valence-corrected chi connectivity index (χ1v) is 11.2. The molecule has 0 saturated carbocycles. The minimum Gasteiger partial charge on any atom is -0.376 e. The van der Waals surface area contributed by atoms with Crippen LogP contribution in [0.15, 0.2) is 35.2 Å². The predicted octanol–water partition coefficient (Wildman–Crippen LogP) is 2.34. The highest BCUT2D eigenvalue weighted by atomic mass is 32.2. The molecular weight excluding hydrogens is 424 g/mol. The quantitative estimate of drug-likeness (QED) is 0.554. The molecule has 2 aliphatic rings. The van der Waals surface area contributed by atoms with Crippen LogP contribution < -0.4 is 0 Å². The van der Waals surface area contributed by atoms with E-state index in [0.29, 0.717) is 6.61 Å². The summed E-state index contributed by atoms with van der Waals surface area (Å²) in [5.41, 5.74) is -0.268. The minimum atomic E-state index is -0.683. The van der Waals surface area contributed by atoms with Crippen molar-refractivity contribution in [3.8, 4) is 0 Å². The van der Waals surface area contributed by atoms with Crippen LogP contribution >= 0.6 is 11.8 Å². The maximum atomic E-state index is 6.48. The van der Waals surface area contributed by atoms with Crippen molar-refractivity contribution in [3.63, 3.8) is 0 Å². The van der Waals surface area contributed by atoms with E-state index in [9.17, 15) is 0 Å². The first kappa shape index (κ1) is 24.9. The lowest BCUT2D eigenvalue weighted by atomic mass is 9.98. The molecule has 176 valence electrons. The van der Waals surface area contributed by atoms with Gasteiger partial charge in [-0.15, -0.1) is 0 Å². The van der Waals surface area contributed by atoms with Gasteiger partial charge in [0.15, 0.2) is 6.29 Å². The van der Waals surface area contributed by atoms with Gasteiger partial charge in [-0.05, 0) is 19.1 Å². The number of benzene rings is 1. The Morgan fingerprint density at radius 1 is 0.774 bits per heavy atom. The van der Waals surface area contributed by atoms with Crippen LogP contribution in [0, 0.1) is 0 Å². The zero-order chi connectivity index (χ0) is 22.4. The predicted molar refractivity (Wildman–Crippen MR) is 115 cm³/mol. The molecule has 2 saturated heterocycles. The van der Waals surface area contributed by atoms with E-state index in [1.54, 1.807) is 47.3 Å². The molecule has 0 bridgehead atoms. The molecule has 8 nitrogen and oxygen atoms in total. The molecule has 0 unspecified atom stereocenters. The van der Waals surface area contributed by atoms with E-state index in [1.807, 2.05) is 37.3 Å². The van der Waals surface area contributed by atoms with Gasteiger partial charge in [-0.2, -0.15) is 0 Å². The summed E-state index contributed by atoms with van der Waals surface area (Å²) in [4.78, 5) is 1.09. The Labute approximate surface area is 188 Å². The molecule has 2 fully saturated rings. The van der Waals surface area contributed by atoms with Crippen LogP contribution in [0.5, 0.6) is 0 Å². The molecule has 2 heterocycles. The van der Waals surface area contributed by atoms with Gasteiger partial charge in [0, 0.05) is 40.4 Å². The van der Waals surface area contributed by atoms with E-state index in [1.165, 1.54) is 0 Å². The summed E-state index contributed by atoms with van der Waals surface area (Å²) in [6, 6.07) is 10.1. The van der Waals surface area contributed by atoms with Crippen molar-refractivity contribution in [1.29, 1.82) is 0 Å². The molecule has 9 heteroatoms. The third-order valence-electron chi connectivity index (χ3n) is 5.79. The summed E-state index contributed by atoms with van der Waals surface area (Å²) in [6.45, 7) is 2.31. The highest BCUT2D eigenvalue weighted by molar-refractivity contribution is 7.99. The molecule has 0 amide bonds. The summed E-state index contributed by atoms with van der Waals surface area (Å²) in [5.74, 6) is 0. The Morgan fingerprint density at radius 3 is 2.00 bits per heavy atom. The second kappa shape index (κ2) is 11.9.